The van der Waals surface area contributed by atoms with Crippen molar-refractivity contribution in [3.05, 3.63) is 11.9 Å². The number of nitrogens with zero attached hydrogens (tertiary/aromatic N) is 4. The molecule has 0 saturated carbocycles. The van der Waals surface area contributed by atoms with Gasteiger partial charge in [-0.2, -0.15) is 11.8 Å². The van der Waals surface area contributed by atoms with E-state index < -0.39 is 0 Å². The van der Waals surface area contributed by atoms with Crippen LogP contribution in [0.1, 0.15) is 19.5 Å². The monoisotopic (exact) mass is 269 g/mol. The first-order valence-corrected chi connectivity index (χ1v) is 7.76. The molecule has 0 aromatic carbocycles. The lowest BCUT2D eigenvalue weighted by molar-refractivity contribution is 0.269. The number of aromatic nitrogens is 3. The first-order chi connectivity index (χ1) is 8.78. The smallest absolute Gasteiger partial charge is 0.0964 e. The lowest BCUT2D eigenvalue weighted by Gasteiger charge is -2.30. The van der Waals surface area contributed by atoms with Crippen LogP contribution in [0.5, 0.6) is 0 Å². The van der Waals surface area contributed by atoms with Crippen LogP contribution >= 0.6 is 11.8 Å². The minimum Gasteiger partial charge on any atom is -0.311 e. The summed E-state index contributed by atoms with van der Waals surface area (Å²) in [4.78, 5) is 2.52. The largest absolute Gasteiger partial charge is 0.311 e. The van der Waals surface area contributed by atoms with Gasteiger partial charge in [0.05, 0.1) is 12.2 Å². The van der Waals surface area contributed by atoms with Crippen molar-refractivity contribution in [3.63, 3.8) is 0 Å². The fourth-order valence-corrected chi connectivity index (χ4v) is 3.20. The van der Waals surface area contributed by atoms with Crippen LogP contribution in [0, 0.1) is 0 Å². The maximum atomic E-state index is 4.17. The average molecular weight is 269 g/mol. The van der Waals surface area contributed by atoms with Gasteiger partial charge in [-0.1, -0.05) is 19.1 Å². The molecule has 5 nitrogen and oxygen atoms in total. The highest BCUT2D eigenvalue weighted by Crippen LogP contribution is 2.17. The summed E-state index contributed by atoms with van der Waals surface area (Å²) in [6, 6.07) is 0. The lowest BCUT2D eigenvalue weighted by Crippen LogP contribution is -2.38. The van der Waals surface area contributed by atoms with Gasteiger partial charge in [-0.25, -0.2) is 0 Å². The predicted octanol–water partition coefficient (Wildman–Crippen LogP) is 0.825. The van der Waals surface area contributed by atoms with E-state index in [-0.39, 0.29) is 0 Å². The Morgan fingerprint density at radius 2 is 2.39 bits per heavy atom. The van der Waals surface area contributed by atoms with Gasteiger partial charge in [0.15, 0.2) is 0 Å². The van der Waals surface area contributed by atoms with Gasteiger partial charge in [0, 0.05) is 43.4 Å². The van der Waals surface area contributed by atoms with Crippen molar-refractivity contribution in [1.29, 1.82) is 0 Å². The molecule has 18 heavy (non-hydrogen) atoms. The molecule has 1 saturated heterocycles. The number of nitrogens with one attached hydrogen (secondary N) is 1. The van der Waals surface area contributed by atoms with E-state index in [0.717, 1.165) is 37.1 Å². The summed E-state index contributed by atoms with van der Waals surface area (Å²) in [5, 5.41) is 12.4. The second-order valence-corrected chi connectivity index (χ2v) is 6.28. The van der Waals surface area contributed by atoms with Crippen LogP contribution in [0.2, 0.25) is 0 Å². The Kier molecular flexibility index (Phi) is 5.46. The second kappa shape index (κ2) is 7.11. The van der Waals surface area contributed by atoms with Crippen LogP contribution in [0.4, 0.5) is 0 Å². The molecule has 0 bridgehead atoms. The second-order valence-electron chi connectivity index (χ2n) is 4.74. The van der Waals surface area contributed by atoms with E-state index in [1.165, 1.54) is 18.8 Å². The van der Waals surface area contributed by atoms with Gasteiger partial charge in [0.1, 0.15) is 0 Å². The van der Waals surface area contributed by atoms with Crippen LogP contribution < -0.4 is 5.32 Å². The highest BCUT2D eigenvalue weighted by molar-refractivity contribution is 7.99. The van der Waals surface area contributed by atoms with Crippen molar-refractivity contribution in [3.8, 4) is 0 Å². The zero-order valence-electron chi connectivity index (χ0n) is 11.3. The number of rotatable bonds is 6. The molecule has 1 aliphatic heterocycles. The Balaban J connectivity index is 1.74. The molecule has 6 heteroatoms. The van der Waals surface area contributed by atoms with Gasteiger partial charge < -0.3 is 5.32 Å². The Morgan fingerprint density at radius 3 is 3.17 bits per heavy atom. The topological polar surface area (TPSA) is 46.0 Å². The van der Waals surface area contributed by atoms with Gasteiger partial charge in [-0.3, -0.25) is 9.58 Å². The summed E-state index contributed by atoms with van der Waals surface area (Å²) in [6.45, 7) is 10.6. The van der Waals surface area contributed by atoms with Crippen LogP contribution in [-0.2, 0) is 13.1 Å². The number of hydrogen-bond acceptors (Lipinski definition) is 5. The van der Waals surface area contributed by atoms with Crippen LogP contribution in [0.15, 0.2) is 6.20 Å². The maximum Gasteiger partial charge on any atom is 0.0964 e. The van der Waals surface area contributed by atoms with Crippen molar-refractivity contribution in [2.75, 3.05) is 31.9 Å². The van der Waals surface area contributed by atoms with Crippen molar-refractivity contribution in [2.24, 2.45) is 0 Å². The number of hydrogen-bond donors (Lipinski definition) is 1. The SMILES string of the molecule is CCNCc1cn(CCN2CCSC(C)C2)nn1. The van der Waals surface area contributed by atoms with Gasteiger partial charge in [0.2, 0.25) is 0 Å². The molecule has 102 valence electrons. The van der Waals surface area contributed by atoms with Crippen molar-refractivity contribution in [2.45, 2.75) is 32.2 Å². The van der Waals surface area contributed by atoms with Crippen molar-refractivity contribution in [1.82, 2.24) is 25.2 Å². The maximum absolute atomic E-state index is 4.17. The molecule has 1 aliphatic rings. The standard InChI is InChI=1S/C12H23N5S/c1-3-13-8-12-10-17(15-14-12)5-4-16-6-7-18-11(2)9-16/h10-11,13H,3-9H2,1-2H3. The fourth-order valence-electron chi connectivity index (χ4n) is 2.12. The van der Waals surface area contributed by atoms with E-state index in [0.29, 0.717) is 0 Å². The molecule has 0 aliphatic carbocycles. The summed E-state index contributed by atoms with van der Waals surface area (Å²) in [6.07, 6.45) is 2.05. The Hall–Kier alpha value is -0.590. The third kappa shape index (κ3) is 4.26. The summed E-state index contributed by atoms with van der Waals surface area (Å²) in [7, 11) is 0. The third-order valence-electron chi connectivity index (χ3n) is 3.11. The first kappa shape index (κ1) is 13.8. The molecule has 1 fully saturated rings. The minimum atomic E-state index is 0.763. The van der Waals surface area contributed by atoms with E-state index in [4.69, 9.17) is 0 Å². The normalized spacial score (nSPS) is 21.3. The summed E-state index contributed by atoms with van der Waals surface area (Å²) in [5.74, 6) is 1.25. The fraction of sp³-hybridized carbons (Fsp3) is 0.833. The average Bonchev–Trinajstić information content (AvgIpc) is 2.82. The molecule has 0 radical (unpaired) electrons. The van der Waals surface area contributed by atoms with Crippen LogP contribution in [0.25, 0.3) is 0 Å². The molecule has 0 amide bonds. The van der Waals surface area contributed by atoms with Crippen LogP contribution in [0.3, 0.4) is 0 Å². The molecular formula is C12H23N5S. The summed E-state index contributed by atoms with van der Waals surface area (Å²) >= 11 is 2.07. The van der Waals surface area contributed by atoms with Gasteiger partial charge in [-0.15, -0.1) is 5.10 Å². The van der Waals surface area contributed by atoms with E-state index in [9.17, 15) is 0 Å². The van der Waals surface area contributed by atoms with E-state index in [1.807, 2.05) is 10.9 Å². The molecule has 1 unspecified atom stereocenters. The zero-order valence-corrected chi connectivity index (χ0v) is 12.1. The van der Waals surface area contributed by atoms with Gasteiger partial charge in [0.25, 0.3) is 0 Å². The quantitative estimate of drug-likeness (QED) is 0.828. The van der Waals surface area contributed by atoms with Gasteiger partial charge >= 0.3 is 0 Å². The molecule has 2 rings (SSSR count). The third-order valence-corrected chi connectivity index (χ3v) is 4.25. The van der Waals surface area contributed by atoms with E-state index >= 15 is 0 Å². The van der Waals surface area contributed by atoms with Crippen LogP contribution in [-0.4, -0.2) is 57.1 Å². The Labute approximate surface area is 113 Å². The summed E-state index contributed by atoms with van der Waals surface area (Å²) < 4.78 is 1.96. The zero-order chi connectivity index (χ0) is 12.8. The summed E-state index contributed by atoms with van der Waals surface area (Å²) in [5.41, 5.74) is 1.03. The molecule has 1 atom stereocenters. The van der Waals surface area contributed by atoms with E-state index in [1.54, 1.807) is 0 Å². The molecule has 1 aromatic heterocycles. The molecule has 0 spiro atoms. The first-order valence-electron chi connectivity index (χ1n) is 6.71. The minimum absolute atomic E-state index is 0.763. The highest BCUT2D eigenvalue weighted by atomic mass is 32.2. The molecular weight excluding hydrogens is 246 g/mol. The van der Waals surface area contributed by atoms with E-state index in [2.05, 4.69) is 46.1 Å². The predicted molar refractivity (Wildman–Crippen MR) is 75.8 cm³/mol. The molecule has 2 heterocycles. The van der Waals surface area contributed by atoms with Crippen molar-refractivity contribution >= 4 is 11.8 Å². The van der Waals surface area contributed by atoms with Crippen molar-refractivity contribution < 1.29 is 0 Å². The molecule has 1 aromatic rings. The lowest BCUT2D eigenvalue weighted by atomic mass is 10.3. The van der Waals surface area contributed by atoms with Gasteiger partial charge in [-0.05, 0) is 6.54 Å². The Bertz CT molecular complexity index is 354. The molecule has 1 N–H and O–H groups in total. The Morgan fingerprint density at radius 1 is 1.50 bits per heavy atom. The highest BCUT2D eigenvalue weighted by Gasteiger charge is 2.16. The number of thioether (sulfide) groups is 1.